The van der Waals surface area contributed by atoms with Crippen molar-refractivity contribution in [3.05, 3.63) is 47.3 Å². The molecule has 1 aromatic carbocycles. The van der Waals surface area contributed by atoms with E-state index in [1.807, 2.05) is 6.08 Å². The third kappa shape index (κ3) is 2.13. The van der Waals surface area contributed by atoms with Gasteiger partial charge in [0.2, 0.25) is 0 Å². The SMILES string of the molecule is Cc1cc(F)ccc1C(=O)N1CC=CCC1. The molecule has 0 atom stereocenters. The van der Waals surface area contributed by atoms with Crippen molar-refractivity contribution < 1.29 is 9.18 Å². The molecule has 0 bridgehead atoms. The molecule has 84 valence electrons. The maximum atomic E-state index is 12.9. The first kappa shape index (κ1) is 10.9. The Morgan fingerprint density at radius 1 is 1.38 bits per heavy atom. The molecule has 0 unspecified atom stereocenters. The van der Waals surface area contributed by atoms with Crippen LogP contribution in [0.5, 0.6) is 0 Å². The van der Waals surface area contributed by atoms with Crippen LogP contribution in [0.15, 0.2) is 30.4 Å². The molecule has 0 radical (unpaired) electrons. The van der Waals surface area contributed by atoms with Gasteiger partial charge in [-0.2, -0.15) is 0 Å². The Labute approximate surface area is 94.4 Å². The van der Waals surface area contributed by atoms with Crippen LogP contribution in [0.25, 0.3) is 0 Å². The van der Waals surface area contributed by atoms with Gasteiger partial charge < -0.3 is 4.90 Å². The number of hydrogen-bond donors (Lipinski definition) is 0. The Morgan fingerprint density at radius 2 is 2.19 bits per heavy atom. The Kier molecular flexibility index (Phi) is 3.04. The van der Waals surface area contributed by atoms with Gasteiger partial charge in [0.1, 0.15) is 5.82 Å². The molecule has 1 amide bonds. The van der Waals surface area contributed by atoms with Gasteiger partial charge in [-0.25, -0.2) is 4.39 Å². The Bertz CT molecular complexity index is 440. The second-order valence-corrected chi connectivity index (χ2v) is 3.97. The fourth-order valence-corrected chi connectivity index (χ4v) is 1.86. The van der Waals surface area contributed by atoms with Crippen molar-refractivity contribution in [2.45, 2.75) is 13.3 Å². The van der Waals surface area contributed by atoms with E-state index in [0.717, 1.165) is 13.0 Å². The standard InChI is InChI=1S/C13H14FNO/c1-10-9-11(14)5-6-12(10)13(16)15-7-3-2-4-8-15/h2-3,5-6,9H,4,7-8H2,1H3. The number of halogens is 1. The van der Waals surface area contributed by atoms with Crippen molar-refractivity contribution in [1.82, 2.24) is 4.90 Å². The number of nitrogens with zero attached hydrogens (tertiary/aromatic N) is 1. The highest BCUT2D eigenvalue weighted by molar-refractivity contribution is 5.95. The molecule has 2 rings (SSSR count). The van der Waals surface area contributed by atoms with Crippen molar-refractivity contribution in [3.8, 4) is 0 Å². The van der Waals surface area contributed by atoms with E-state index in [1.165, 1.54) is 12.1 Å². The molecule has 16 heavy (non-hydrogen) atoms. The number of carbonyl (C=O) groups is 1. The van der Waals surface area contributed by atoms with Crippen molar-refractivity contribution in [2.24, 2.45) is 0 Å². The summed E-state index contributed by atoms with van der Waals surface area (Å²) in [7, 11) is 0. The predicted octanol–water partition coefficient (Wildman–Crippen LogP) is 2.54. The Hall–Kier alpha value is -1.64. The van der Waals surface area contributed by atoms with E-state index in [2.05, 4.69) is 6.08 Å². The first-order chi connectivity index (χ1) is 7.68. The molecular weight excluding hydrogens is 205 g/mol. The zero-order chi connectivity index (χ0) is 11.5. The van der Waals surface area contributed by atoms with Crippen molar-refractivity contribution in [3.63, 3.8) is 0 Å². The van der Waals surface area contributed by atoms with Crippen molar-refractivity contribution >= 4 is 5.91 Å². The summed E-state index contributed by atoms with van der Waals surface area (Å²) in [4.78, 5) is 13.9. The highest BCUT2D eigenvalue weighted by Crippen LogP contribution is 2.14. The van der Waals surface area contributed by atoms with E-state index >= 15 is 0 Å². The minimum atomic E-state index is -0.299. The average molecular weight is 219 g/mol. The topological polar surface area (TPSA) is 20.3 Å². The van der Waals surface area contributed by atoms with Crippen LogP contribution in [0.4, 0.5) is 4.39 Å². The molecule has 0 saturated carbocycles. The molecule has 1 aromatic rings. The maximum absolute atomic E-state index is 12.9. The number of rotatable bonds is 1. The Morgan fingerprint density at radius 3 is 2.81 bits per heavy atom. The summed E-state index contributed by atoms with van der Waals surface area (Å²) < 4.78 is 12.9. The molecule has 0 aliphatic carbocycles. The van der Waals surface area contributed by atoms with E-state index in [-0.39, 0.29) is 11.7 Å². The second kappa shape index (κ2) is 4.47. The lowest BCUT2D eigenvalue weighted by Gasteiger charge is -2.24. The van der Waals surface area contributed by atoms with Crippen LogP contribution < -0.4 is 0 Å². The predicted molar refractivity (Wildman–Crippen MR) is 60.8 cm³/mol. The minimum Gasteiger partial charge on any atom is -0.335 e. The molecule has 0 saturated heterocycles. The van der Waals surface area contributed by atoms with Crippen LogP contribution in [-0.4, -0.2) is 23.9 Å². The van der Waals surface area contributed by atoms with Gasteiger partial charge in [0.05, 0.1) is 0 Å². The number of carbonyl (C=O) groups excluding carboxylic acids is 1. The van der Waals surface area contributed by atoms with Crippen LogP contribution in [0.1, 0.15) is 22.3 Å². The number of benzene rings is 1. The summed E-state index contributed by atoms with van der Waals surface area (Å²) >= 11 is 0. The van der Waals surface area contributed by atoms with Gasteiger partial charge in [-0.1, -0.05) is 12.2 Å². The first-order valence-electron chi connectivity index (χ1n) is 5.39. The van der Waals surface area contributed by atoms with Gasteiger partial charge in [0.25, 0.3) is 5.91 Å². The number of amides is 1. The molecule has 2 nitrogen and oxygen atoms in total. The van der Waals surface area contributed by atoms with E-state index in [0.29, 0.717) is 17.7 Å². The third-order valence-electron chi connectivity index (χ3n) is 2.76. The molecule has 1 aliphatic heterocycles. The molecule has 0 spiro atoms. The molecule has 3 heteroatoms. The van der Waals surface area contributed by atoms with Gasteiger partial charge in [-0.05, 0) is 37.1 Å². The Balaban J connectivity index is 2.23. The number of aryl methyl sites for hydroxylation is 1. The number of hydrogen-bond acceptors (Lipinski definition) is 1. The van der Waals surface area contributed by atoms with Gasteiger partial charge in [0, 0.05) is 18.7 Å². The zero-order valence-electron chi connectivity index (χ0n) is 9.24. The third-order valence-corrected chi connectivity index (χ3v) is 2.76. The van der Waals surface area contributed by atoms with Gasteiger partial charge in [-0.15, -0.1) is 0 Å². The lowest BCUT2D eigenvalue weighted by atomic mass is 10.1. The average Bonchev–Trinajstić information content (AvgIpc) is 2.29. The van der Waals surface area contributed by atoms with Crippen molar-refractivity contribution in [2.75, 3.05) is 13.1 Å². The molecule has 0 N–H and O–H groups in total. The van der Waals surface area contributed by atoms with Gasteiger partial charge in [0.15, 0.2) is 0 Å². The minimum absolute atomic E-state index is 0.0122. The summed E-state index contributed by atoms with van der Waals surface area (Å²) in [5.74, 6) is -0.311. The van der Waals surface area contributed by atoms with Gasteiger partial charge >= 0.3 is 0 Å². The lowest BCUT2D eigenvalue weighted by Crippen LogP contribution is -2.34. The smallest absolute Gasteiger partial charge is 0.254 e. The fraction of sp³-hybridized carbons (Fsp3) is 0.308. The van der Waals surface area contributed by atoms with E-state index in [1.54, 1.807) is 17.9 Å². The van der Waals surface area contributed by atoms with E-state index in [4.69, 9.17) is 0 Å². The molecule has 1 heterocycles. The van der Waals surface area contributed by atoms with Crippen LogP contribution in [0.3, 0.4) is 0 Å². The fourth-order valence-electron chi connectivity index (χ4n) is 1.86. The summed E-state index contributed by atoms with van der Waals surface area (Å²) in [5.41, 5.74) is 1.29. The first-order valence-corrected chi connectivity index (χ1v) is 5.39. The normalized spacial score (nSPS) is 15.2. The van der Waals surface area contributed by atoms with Crippen molar-refractivity contribution in [1.29, 1.82) is 0 Å². The monoisotopic (exact) mass is 219 g/mol. The highest BCUT2D eigenvalue weighted by Gasteiger charge is 2.17. The maximum Gasteiger partial charge on any atom is 0.254 e. The van der Waals surface area contributed by atoms with Crippen LogP contribution in [0, 0.1) is 12.7 Å². The van der Waals surface area contributed by atoms with Crippen LogP contribution in [-0.2, 0) is 0 Å². The van der Waals surface area contributed by atoms with E-state index in [9.17, 15) is 9.18 Å². The molecular formula is C13H14FNO. The van der Waals surface area contributed by atoms with Crippen LogP contribution >= 0.6 is 0 Å². The second-order valence-electron chi connectivity index (χ2n) is 3.97. The van der Waals surface area contributed by atoms with Gasteiger partial charge in [-0.3, -0.25) is 4.79 Å². The summed E-state index contributed by atoms with van der Waals surface area (Å²) in [5, 5.41) is 0. The molecule has 0 aromatic heterocycles. The molecule has 0 fully saturated rings. The quantitative estimate of drug-likeness (QED) is 0.665. The lowest BCUT2D eigenvalue weighted by molar-refractivity contribution is 0.0770. The summed E-state index contributed by atoms with van der Waals surface area (Å²) in [6, 6.07) is 4.29. The largest absolute Gasteiger partial charge is 0.335 e. The van der Waals surface area contributed by atoms with Crippen LogP contribution in [0.2, 0.25) is 0 Å². The highest BCUT2D eigenvalue weighted by atomic mass is 19.1. The van der Waals surface area contributed by atoms with E-state index < -0.39 is 0 Å². The zero-order valence-corrected chi connectivity index (χ0v) is 9.24. The summed E-state index contributed by atoms with van der Waals surface area (Å²) in [6.45, 7) is 3.15. The molecule has 1 aliphatic rings. The summed E-state index contributed by atoms with van der Waals surface area (Å²) in [6.07, 6.45) is 4.95.